The summed E-state index contributed by atoms with van der Waals surface area (Å²) < 4.78 is 11.6. The van der Waals surface area contributed by atoms with E-state index in [0.29, 0.717) is 43.5 Å². The zero-order valence-electron chi connectivity index (χ0n) is 17.7. The van der Waals surface area contributed by atoms with E-state index in [9.17, 15) is 10.2 Å². The van der Waals surface area contributed by atoms with Crippen LogP contribution in [0.4, 0.5) is 5.95 Å². The Morgan fingerprint density at radius 2 is 1.81 bits per heavy atom. The molecule has 0 aliphatic carbocycles. The third kappa shape index (κ3) is 4.37. The summed E-state index contributed by atoms with van der Waals surface area (Å²) in [7, 11) is 0. The number of nitrogens with zero attached hydrogens (tertiary/aromatic N) is 4. The minimum Gasteiger partial charge on any atom is -0.508 e. The highest BCUT2D eigenvalue weighted by Crippen LogP contribution is 2.30. The molecule has 0 bridgehead atoms. The fourth-order valence-electron chi connectivity index (χ4n) is 4.23. The zero-order chi connectivity index (χ0) is 21.9. The summed E-state index contributed by atoms with van der Waals surface area (Å²) >= 11 is 0. The van der Waals surface area contributed by atoms with Gasteiger partial charge in [-0.1, -0.05) is 36.4 Å². The molecule has 0 amide bonds. The highest BCUT2D eigenvalue weighted by atomic mass is 16.5. The van der Waals surface area contributed by atoms with Crippen molar-refractivity contribution in [1.82, 2.24) is 15.0 Å². The zero-order valence-corrected chi connectivity index (χ0v) is 17.7. The number of aromatic hydroxyl groups is 1. The lowest BCUT2D eigenvalue weighted by molar-refractivity contribution is 0.0217. The summed E-state index contributed by atoms with van der Waals surface area (Å²) in [4.78, 5) is 15.9. The number of hydrogen-bond acceptors (Lipinski definition) is 8. The maximum absolute atomic E-state index is 10.1. The van der Waals surface area contributed by atoms with Gasteiger partial charge in [0.2, 0.25) is 5.95 Å². The van der Waals surface area contributed by atoms with Crippen LogP contribution < -0.4 is 9.64 Å². The first-order valence-corrected chi connectivity index (χ1v) is 10.9. The van der Waals surface area contributed by atoms with E-state index in [-0.39, 0.29) is 30.5 Å². The van der Waals surface area contributed by atoms with E-state index < -0.39 is 0 Å². The first-order valence-electron chi connectivity index (χ1n) is 10.9. The molecule has 8 heteroatoms. The first kappa shape index (κ1) is 20.7. The number of ether oxygens (including phenoxy) is 2. The third-order valence-electron chi connectivity index (χ3n) is 5.97. The molecule has 2 N–H and O–H groups in total. The van der Waals surface area contributed by atoms with Crippen molar-refractivity contribution in [3.8, 4) is 23.1 Å². The molecule has 2 aliphatic heterocycles. The SMILES string of the molecule is OC[C@H]1Cc2ccccc2CN1c1nc(OC2CCOCC2)nc(-c2cccc(O)c2)n1. The van der Waals surface area contributed by atoms with Crippen molar-refractivity contribution >= 4 is 5.95 Å². The average molecular weight is 434 g/mol. The van der Waals surface area contributed by atoms with Crippen LogP contribution in [0.1, 0.15) is 24.0 Å². The fraction of sp³-hybridized carbons (Fsp3) is 0.375. The number of aromatic nitrogens is 3. The summed E-state index contributed by atoms with van der Waals surface area (Å²) in [5.74, 6) is 1.01. The van der Waals surface area contributed by atoms with Gasteiger partial charge in [0.1, 0.15) is 11.9 Å². The van der Waals surface area contributed by atoms with Crippen molar-refractivity contribution in [2.45, 2.75) is 38.0 Å². The molecule has 1 atom stereocenters. The van der Waals surface area contributed by atoms with E-state index in [1.165, 1.54) is 11.1 Å². The van der Waals surface area contributed by atoms with Crippen LogP contribution in [0.3, 0.4) is 0 Å². The molecule has 5 rings (SSSR count). The predicted molar refractivity (Wildman–Crippen MR) is 119 cm³/mol. The number of aliphatic hydroxyl groups excluding tert-OH is 1. The molecule has 3 aromatic rings. The van der Waals surface area contributed by atoms with Crippen LogP contribution in [0.2, 0.25) is 0 Å². The third-order valence-corrected chi connectivity index (χ3v) is 5.97. The van der Waals surface area contributed by atoms with Crippen LogP contribution in [0.15, 0.2) is 48.5 Å². The van der Waals surface area contributed by atoms with Gasteiger partial charge in [0.05, 0.1) is 25.9 Å². The van der Waals surface area contributed by atoms with Gasteiger partial charge in [0.15, 0.2) is 5.82 Å². The number of benzene rings is 2. The van der Waals surface area contributed by atoms with E-state index in [1.807, 2.05) is 23.1 Å². The van der Waals surface area contributed by atoms with Gasteiger partial charge in [0, 0.05) is 24.9 Å². The van der Waals surface area contributed by atoms with E-state index in [2.05, 4.69) is 22.1 Å². The Hall–Kier alpha value is -3.23. The Morgan fingerprint density at radius 1 is 1.00 bits per heavy atom. The molecule has 3 heterocycles. The second kappa shape index (κ2) is 9.10. The highest BCUT2D eigenvalue weighted by molar-refractivity contribution is 5.59. The Bertz CT molecular complexity index is 1090. The monoisotopic (exact) mass is 434 g/mol. The minimum atomic E-state index is -0.153. The van der Waals surface area contributed by atoms with Crippen LogP contribution >= 0.6 is 0 Å². The van der Waals surface area contributed by atoms with Gasteiger partial charge in [-0.2, -0.15) is 15.0 Å². The molecule has 2 aromatic carbocycles. The molecule has 0 spiro atoms. The van der Waals surface area contributed by atoms with Crippen molar-refractivity contribution in [2.24, 2.45) is 0 Å². The fourth-order valence-corrected chi connectivity index (χ4v) is 4.23. The molecule has 1 fully saturated rings. The van der Waals surface area contributed by atoms with Gasteiger partial charge < -0.3 is 24.6 Å². The normalized spacial score (nSPS) is 18.9. The maximum atomic E-state index is 10.1. The number of anilines is 1. The standard InChI is InChI=1S/C24H26N4O4/c29-15-19-12-16-4-1-2-5-18(16)14-28(19)23-25-22(17-6-3-7-20(30)13-17)26-24(27-23)32-21-8-10-31-11-9-21/h1-7,13,19,21,29-30H,8-12,14-15H2/t19-/m1/s1. The van der Waals surface area contributed by atoms with Crippen molar-refractivity contribution < 1.29 is 19.7 Å². The Balaban J connectivity index is 1.54. The molecule has 0 unspecified atom stereocenters. The van der Waals surface area contributed by atoms with Crippen molar-refractivity contribution in [1.29, 1.82) is 0 Å². The minimum absolute atomic E-state index is 0.0162. The van der Waals surface area contributed by atoms with E-state index in [0.717, 1.165) is 12.8 Å². The molecule has 1 aromatic heterocycles. The van der Waals surface area contributed by atoms with Gasteiger partial charge in [-0.15, -0.1) is 0 Å². The first-order chi connectivity index (χ1) is 15.7. The number of aliphatic hydroxyl groups is 1. The van der Waals surface area contributed by atoms with Gasteiger partial charge in [-0.3, -0.25) is 0 Å². The summed E-state index contributed by atoms with van der Waals surface area (Å²) in [6, 6.07) is 15.1. The molecule has 0 saturated carbocycles. The van der Waals surface area contributed by atoms with E-state index >= 15 is 0 Å². The molecule has 32 heavy (non-hydrogen) atoms. The Morgan fingerprint density at radius 3 is 2.59 bits per heavy atom. The summed E-state index contributed by atoms with van der Waals surface area (Å²) in [5.41, 5.74) is 3.08. The van der Waals surface area contributed by atoms with Crippen LogP contribution in [0, 0.1) is 0 Å². The van der Waals surface area contributed by atoms with E-state index in [1.54, 1.807) is 18.2 Å². The maximum Gasteiger partial charge on any atom is 0.322 e. The smallest absolute Gasteiger partial charge is 0.322 e. The topological polar surface area (TPSA) is 101 Å². The highest BCUT2D eigenvalue weighted by Gasteiger charge is 2.29. The lowest BCUT2D eigenvalue weighted by atomic mass is 9.94. The van der Waals surface area contributed by atoms with Crippen molar-refractivity contribution in [2.75, 3.05) is 24.7 Å². The molecule has 166 valence electrons. The number of rotatable bonds is 5. The molecular formula is C24H26N4O4. The van der Waals surface area contributed by atoms with Crippen LogP contribution in [-0.4, -0.2) is 57.1 Å². The van der Waals surface area contributed by atoms with Crippen LogP contribution in [-0.2, 0) is 17.7 Å². The van der Waals surface area contributed by atoms with Crippen molar-refractivity contribution in [3.05, 3.63) is 59.7 Å². The molecule has 2 aliphatic rings. The van der Waals surface area contributed by atoms with Gasteiger partial charge in [-0.05, 0) is 29.7 Å². The average Bonchev–Trinajstić information content (AvgIpc) is 2.83. The molecule has 8 nitrogen and oxygen atoms in total. The number of hydrogen-bond donors (Lipinski definition) is 2. The van der Waals surface area contributed by atoms with Crippen molar-refractivity contribution in [3.63, 3.8) is 0 Å². The predicted octanol–water partition coefficient (Wildman–Crippen LogP) is 2.73. The number of phenols is 1. The molecule has 0 radical (unpaired) electrons. The Labute approximate surface area is 186 Å². The largest absolute Gasteiger partial charge is 0.508 e. The van der Waals surface area contributed by atoms with Gasteiger partial charge in [-0.25, -0.2) is 0 Å². The van der Waals surface area contributed by atoms with Crippen LogP contribution in [0.25, 0.3) is 11.4 Å². The number of phenolic OH excluding ortho intramolecular Hbond substituents is 1. The second-order valence-electron chi connectivity index (χ2n) is 8.16. The summed E-state index contributed by atoms with van der Waals surface area (Å²) in [5, 5.41) is 20.1. The summed E-state index contributed by atoms with van der Waals surface area (Å²) in [6.07, 6.45) is 2.24. The Kier molecular flexibility index (Phi) is 5.87. The lowest BCUT2D eigenvalue weighted by Crippen LogP contribution is -2.44. The van der Waals surface area contributed by atoms with E-state index in [4.69, 9.17) is 14.5 Å². The van der Waals surface area contributed by atoms with Gasteiger partial charge in [0.25, 0.3) is 0 Å². The van der Waals surface area contributed by atoms with Crippen LogP contribution in [0.5, 0.6) is 11.8 Å². The molecule has 1 saturated heterocycles. The van der Waals surface area contributed by atoms with Gasteiger partial charge >= 0.3 is 6.01 Å². The molecular weight excluding hydrogens is 408 g/mol. The second-order valence-corrected chi connectivity index (χ2v) is 8.16. The number of fused-ring (bicyclic) bond motifs is 1. The quantitative estimate of drug-likeness (QED) is 0.632. The lowest BCUT2D eigenvalue weighted by Gasteiger charge is -2.36. The summed E-state index contributed by atoms with van der Waals surface area (Å²) in [6.45, 7) is 1.87.